The Balaban J connectivity index is 1.50. The maximum absolute atomic E-state index is 12.1. The molecule has 3 rings (SSSR count). The summed E-state index contributed by atoms with van der Waals surface area (Å²) < 4.78 is 4.59. The fourth-order valence-corrected chi connectivity index (χ4v) is 3.30. The summed E-state index contributed by atoms with van der Waals surface area (Å²) in [5.41, 5.74) is 0.843. The topological polar surface area (TPSA) is 80.0 Å². The van der Waals surface area contributed by atoms with Crippen LogP contribution in [0.25, 0.3) is 0 Å². The van der Waals surface area contributed by atoms with Crippen molar-refractivity contribution in [2.45, 2.75) is 76.4 Å². The van der Waals surface area contributed by atoms with Gasteiger partial charge >= 0.3 is 0 Å². The van der Waals surface area contributed by atoms with Gasteiger partial charge in [0.2, 0.25) is 0 Å². The molecule has 0 saturated heterocycles. The van der Waals surface area contributed by atoms with Gasteiger partial charge in [0.25, 0.3) is 5.91 Å². The van der Waals surface area contributed by atoms with Crippen molar-refractivity contribution in [2.24, 2.45) is 0 Å². The van der Waals surface area contributed by atoms with Crippen molar-refractivity contribution in [3.05, 3.63) is 11.4 Å². The van der Waals surface area contributed by atoms with Crippen LogP contribution in [0.5, 0.6) is 0 Å². The van der Waals surface area contributed by atoms with Crippen LogP contribution in [0.15, 0.2) is 4.63 Å². The van der Waals surface area contributed by atoms with Crippen molar-refractivity contribution in [2.75, 3.05) is 0 Å². The molecule has 0 bridgehead atoms. The highest BCUT2D eigenvalue weighted by Crippen LogP contribution is 2.24. The van der Waals surface area contributed by atoms with E-state index in [2.05, 4.69) is 25.6 Å². The van der Waals surface area contributed by atoms with Crippen LogP contribution in [-0.2, 0) is 0 Å². The smallest absolute Gasteiger partial charge is 0.275 e. The number of amides is 1. The Labute approximate surface area is 125 Å². The fraction of sp³-hybridized carbons (Fsp3) is 0.800. The lowest BCUT2D eigenvalue weighted by atomic mass is 9.85. The molecule has 21 heavy (non-hydrogen) atoms. The van der Waals surface area contributed by atoms with Gasteiger partial charge in [-0.25, -0.2) is 4.63 Å². The van der Waals surface area contributed by atoms with E-state index in [0.29, 0.717) is 23.5 Å². The van der Waals surface area contributed by atoms with Crippen LogP contribution >= 0.6 is 0 Å². The highest BCUT2D eigenvalue weighted by molar-refractivity contribution is 5.93. The van der Waals surface area contributed by atoms with Gasteiger partial charge in [-0.05, 0) is 37.8 Å². The number of nitrogens with one attached hydrogen (secondary N) is 2. The van der Waals surface area contributed by atoms with Crippen molar-refractivity contribution >= 4 is 5.91 Å². The van der Waals surface area contributed by atoms with Gasteiger partial charge in [-0.15, -0.1) is 0 Å². The Bertz CT molecular complexity index is 480. The zero-order valence-corrected chi connectivity index (χ0v) is 12.6. The normalized spacial score (nSPS) is 26.9. The van der Waals surface area contributed by atoms with Gasteiger partial charge in [0, 0.05) is 18.1 Å². The lowest BCUT2D eigenvalue weighted by Gasteiger charge is -2.40. The molecule has 1 heterocycles. The summed E-state index contributed by atoms with van der Waals surface area (Å²) in [4.78, 5) is 12.1. The van der Waals surface area contributed by atoms with Crippen LogP contribution in [0.2, 0.25) is 0 Å². The second kappa shape index (κ2) is 6.56. The molecule has 2 aliphatic rings. The van der Waals surface area contributed by atoms with E-state index in [1.54, 1.807) is 6.92 Å². The molecule has 1 aromatic heterocycles. The first-order valence-electron chi connectivity index (χ1n) is 8.10. The third-order valence-corrected chi connectivity index (χ3v) is 4.76. The first-order chi connectivity index (χ1) is 10.2. The third-order valence-electron chi connectivity index (χ3n) is 4.76. The van der Waals surface area contributed by atoms with Gasteiger partial charge in [0.15, 0.2) is 5.69 Å². The third kappa shape index (κ3) is 3.43. The second-order valence-corrected chi connectivity index (χ2v) is 6.32. The number of hydrogen-bond donors (Lipinski definition) is 2. The van der Waals surface area contributed by atoms with E-state index in [1.807, 2.05) is 0 Å². The predicted octanol–water partition coefficient (Wildman–Crippen LogP) is 1.95. The average molecular weight is 292 g/mol. The maximum Gasteiger partial charge on any atom is 0.275 e. The van der Waals surface area contributed by atoms with Gasteiger partial charge in [-0.3, -0.25) is 4.79 Å². The Morgan fingerprint density at radius 1 is 1.05 bits per heavy atom. The number of carbonyl (C=O) groups is 1. The van der Waals surface area contributed by atoms with E-state index >= 15 is 0 Å². The number of aryl methyl sites for hydroxylation is 1. The van der Waals surface area contributed by atoms with Crippen molar-refractivity contribution in [3.63, 3.8) is 0 Å². The average Bonchev–Trinajstić information content (AvgIpc) is 2.74. The molecule has 116 valence electrons. The number of nitrogens with zero attached hydrogens (tertiary/aromatic N) is 2. The van der Waals surface area contributed by atoms with E-state index in [0.717, 1.165) is 12.8 Å². The lowest BCUT2D eigenvalue weighted by molar-refractivity contribution is 0.0877. The van der Waals surface area contributed by atoms with Gasteiger partial charge < -0.3 is 10.6 Å². The van der Waals surface area contributed by atoms with Crippen molar-refractivity contribution < 1.29 is 9.42 Å². The van der Waals surface area contributed by atoms with Gasteiger partial charge in [0.1, 0.15) is 5.69 Å². The van der Waals surface area contributed by atoms with Gasteiger partial charge in [-0.2, -0.15) is 0 Å². The highest BCUT2D eigenvalue weighted by atomic mass is 16.6. The molecule has 1 aromatic rings. The Morgan fingerprint density at radius 3 is 2.33 bits per heavy atom. The summed E-state index contributed by atoms with van der Waals surface area (Å²) >= 11 is 0. The molecule has 2 atom stereocenters. The molecule has 0 spiro atoms. The molecule has 6 nitrogen and oxygen atoms in total. The Hall–Kier alpha value is -1.43. The van der Waals surface area contributed by atoms with E-state index in [4.69, 9.17) is 0 Å². The predicted molar refractivity (Wildman–Crippen MR) is 77.9 cm³/mol. The number of carbonyl (C=O) groups excluding carboxylic acids is 1. The van der Waals surface area contributed by atoms with Crippen LogP contribution in [0.3, 0.4) is 0 Å². The van der Waals surface area contributed by atoms with Crippen molar-refractivity contribution in [1.82, 2.24) is 20.9 Å². The van der Waals surface area contributed by atoms with E-state index in [-0.39, 0.29) is 11.9 Å². The molecule has 6 heteroatoms. The first-order valence-corrected chi connectivity index (χ1v) is 8.10. The Morgan fingerprint density at radius 2 is 1.76 bits per heavy atom. The van der Waals surface area contributed by atoms with Gasteiger partial charge in [-0.1, -0.05) is 30.8 Å². The Kier molecular flexibility index (Phi) is 4.53. The molecule has 2 N–H and O–H groups in total. The van der Waals surface area contributed by atoms with Crippen LogP contribution in [-0.4, -0.2) is 34.3 Å². The zero-order valence-electron chi connectivity index (χ0n) is 12.6. The highest BCUT2D eigenvalue weighted by Gasteiger charge is 2.34. The largest absolute Gasteiger partial charge is 0.346 e. The standard InChI is InChI=1S/C15H24N4O2/c1-10-14(19-21-18-10)15(20)17-13-9-8-12(13)16-11-6-4-2-3-5-7-11/h11-13,16H,2-9H2,1H3,(H,17,20)/t12-,13+/m1/s1. The number of rotatable bonds is 4. The number of hydrogen-bond acceptors (Lipinski definition) is 5. The van der Waals surface area contributed by atoms with Crippen LogP contribution in [0.1, 0.15) is 67.5 Å². The summed E-state index contributed by atoms with van der Waals surface area (Å²) in [6.45, 7) is 1.73. The molecular weight excluding hydrogens is 268 g/mol. The molecule has 0 unspecified atom stereocenters. The van der Waals surface area contributed by atoms with Crippen LogP contribution in [0.4, 0.5) is 0 Å². The van der Waals surface area contributed by atoms with Crippen LogP contribution < -0.4 is 10.6 Å². The SMILES string of the molecule is Cc1nonc1C(=O)N[C@H]1CC[C@H]1NC1CCCCCC1. The van der Waals surface area contributed by atoms with E-state index in [1.165, 1.54) is 38.5 Å². The first kappa shape index (κ1) is 14.5. The summed E-state index contributed by atoms with van der Waals surface area (Å²) in [6.07, 6.45) is 10.1. The summed E-state index contributed by atoms with van der Waals surface area (Å²) in [6, 6.07) is 1.22. The molecule has 0 aromatic carbocycles. The summed E-state index contributed by atoms with van der Waals surface area (Å²) in [5.74, 6) is -0.175. The van der Waals surface area contributed by atoms with E-state index < -0.39 is 0 Å². The molecule has 0 aliphatic heterocycles. The quantitative estimate of drug-likeness (QED) is 0.829. The van der Waals surface area contributed by atoms with Gasteiger partial charge in [0.05, 0.1) is 0 Å². The summed E-state index contributed by atoms with van der Waals surface area (Å²) in [7, 11) is 0. The minimum absolute atomic E-state index is 0.175. The molecular formula is C15H24N4O2. The molecule has 0 radical (unpaired) electrons. The molecule has 2 fully saturated rings. The van der Waals surface area contributed by atoms with Crippen LogP contribution in [0, 0.1) is 6.92 Å². The summed E-state index contributed by atoms with van der Waals surface area (Å²) in [5, 5.41) is 14.1. The van der Waals surface area contributed by atoms with E-state index in [9.17, 15) is 4.79 Å². The van der Waals surface area contributed by atoms with Crippen molar-refractivity contribution in [3.8, 4) is 0 Å². The molecule has 2 aliphatic carbocycles. The second-order valence-electron chi connectivity index (χ2n) is 6.32. The number of aromatic nitrogens is 2. The lowest BCUT2D eigenvalue weighted by Crippen LogP contribution is -2.59. The maximum atomic E-state index is 12.1. The van der Waals surface area contributed by atoms with Crippen molar-refractivity contribution in [1.29, 1.82) is 0 Å². The minimum atomic E-state index is -0.175. The monoisotopic (exact) mass is 292 g/mol. The minimum Gasteiger partial charge on any atom is -0.346 e. The molecule has 2 saturated carbocycles. The molecule has 1 amide bonds. The zero-order chi connectivity index (χ0) is 14.7. The fourth-order valence-electron chi connectivity index (χ4n) is 3.30.